The second-order valence-electron chi connectivity index (χ2n) is 1.64. The van der Waals surface area contributed by atoms with Crippen LogP contribution in [-0.4, -0.2) is 22.1 Å². The zero-order chi connectivity index (χ0) is 6.78. The summed E-state index contributed by atoms with van der Waals surface area (Å²) in [4.78, 5) is 9.97. The lowest BCUT2D eigenvalue weighted by Crippen LogP contribution is -2.29. The van der Waals surface area contributed by atoms with Crippen LogP contribution in [0.3, 0.4) is 0 Å². The lowest BCUT2D eigenvalue weighted by molar-refractivity contribution is -0.139. The molecule has 1 N–H and O–H groups in total. The molecule has 4 heteroatoms. The van der Waals surface area contributed by atoms with Gasteiger partial charge in [-0.15, -0.1) is 0 Å². The normalized spacial score (nSPS) is 17.4. The predicted octanol–water partition coefficient (Wildman–Crippen LogP) is 1.19. The standard InChI is InChI=1S/C4H6BrFO2/c1-4(5,2-6)3(7)8/h2H2,1H3,(H,7,8). The number of aliphatic carboxylic acids is 1. The molecule has 0 saturated carbocycles. The van der Waals surface area contributed by atoms with E-state index in [4.69, 9.17) is 5.11 Å². The number of halogens is 2. The summed E-state index contributed by atoms with van der Waals surface area (Å²) >= 11 is 2.67. The van der Waals surface area contributed by atoms with Gasteiger partial charge in [0.2, 0.25) is 0 Å². The van der Waals surface area contributed by atoms with Crippen molar-refractivity contribution in [3.63, 3.8) is 0 Å². The molecular formula is C4H6BrFO2. The molecule has 0 heterocycles. The minimum absolute atomic E-state index is 0.900. The Balaban J connectivity index is 3.91. The first kappa shape index (κ1) is 7.88. The number of rotatable bonds is 2. The molecule has 2 nitrogen and oxygen atoms in total. The fourth-order valence-corrected chi connectivity index (χ4v) is 0.0572. The summed E-state index contributed by atoms with van der Waals surface area (Å²) in [7, 11) is 0. The van der Waals surface area contributed by atoms with Gasteiger partial charge in [0.15, 0.2) is 0 Å². The van der Waals surface area contributed by atoms with Gasteiger partial charge < -0.3 is 5.11 Å². The molecule has 0 rings (SSSR count). The third-order valence-electron chi connectivity index (χ3n) is 0.697. The zero-order valence-corrected chi connectivity index (χ0v) is 5.90. The van der Waals surface area contributed by atoms with Crippen LogP contribution in [0.5, 0.6) is 0 Å². The van der Waals surface area contributed by atoms with Crippen LogP contribution in [0.1, 0.15) is 6.92 Å². The summed E-state index contributed by atoms with van der Waals surface area (Å²) in [6, 6.07) is 0. The molecule has 0 aliphatic heterocycles. The molecule has 48 valence electrons. The van der Waals surface area contributed by atoms with Crippen molar-refractivity contribution in [1.29, 1.82) is 0 Å². The SMILES string of the molecule is CC(Br)(CF)C(=O)O. The third-order valence-corrected chi connectivity index (χ3v) is 1.25. The Bertz CT molecular complexity index is 102. The Morgan fingerprint density at radius 2 is 2.38 bits per heavy atom. The van der Waals surface area contributed by atoms with Crippen LogP contribution >= 0.6 is 15.9 Å². The van der Waals surface area contributed by atoms with Crippen LogP contribution < -0.4 is 0 Å². The van der Waals surface area contributed by atoms with Gasteiger partial charge >= 0.3 is 5.97 Å². The van der Waals surface area contributed by atoms with Crippen LogP contribution in [0.2, 0.25) is 0 Å². The van der Waals surface area contributed by atoms with Crippen LogP contribution in [0.15, 0.2) is 0 Å². The highest BCUT2D eigenvalue weighted by Gasteiger charge is 2.29. The van der Waals surface area contributed by atoms with E-state index < -0.39 is 17.0 Å². The number of alkyl halides is 2. The molecule has 1 unspecified atom stereocenters. The first-order chi connectivity index (χ1) is 3.50. The van der Waals surface area contributed by atoms with E-state index in [1.165, 1.54) is 6.92 Å². The van der Waals surface area contributed by atoms with E-state index in [2.05, 4.69) is 15.9 Å². The van der Waals surface area contributed by atoms with Gasteiger partial charge in [0, 0.05) is 0 Å². The molecule has 0 spiro atoms. The topological polar surface area (TPSA) is 37.3 Å². The van der Waals surface area contributed by atoms with Crippen LogP contribution in [0, 0.1) is 0 Å². The summed E-state index contributed by atoms with van der Waals surface area (Å²) in [5, 5.41) is 8.15. The molecule has 0 saturated heterocycles. The summed E-state index contributed by atoms with van der Waals surface area (Å²) in [5.41, 5.74) is 0. The molecule has 0 bridgehead atoms. The minimum atomic E-state index is -1.40. The minimum Gasteiger partial charge on any atom is -0.480 e. The predicted molar refractivity (Wildman–Crippen MR) is 30.9 cm³/mol. The van der Waals surface area contributed by atoms with Crippen LogP contribution in [0.25, 0.3) is 0 Å². The number of hydrogen-bond acceptors (Lipinski definition) is 1. The van der Waals surface area contributed by atoms with Gasteiger partial charge in [0.1, 0.15) is 11.0 Å². The average molecular weight is 185 g/mol. The van der Waals surface area contributed by atoms with Gasteiger partial charge in [-0.05, 0) is 6.92 Å². The molecule has 0 radical (unpaired) electrons. The Morgan fingerprint density at radius 3 is 2.38 bits per heavy atom. The summed E-state index contributed by atoms with van der Waals surface area (Å²) in [6.07, 6.45) is 0. The lowest BCUT2D eigenvalue weighted by atomic mass is 10.2. The molecule has 1 atom stereocenters. The van der Waals surface area contributed by atoms with Crippen LogP contribution in [-0.2, 0) is 4.79 Å². The quantitative estimate of drug-likeness (QED) is 0.656. The van der Waals surface area contributed by atoms with Crippen molar-refractivity contribution in [2.45, 2.75) is 11.2 Å². The monoisotopic (exact) mass is 184 g/mol. The Labute approximate surface area is 54.8 Å². The Morgan fingerprint density at radius 1 is 2.00 bits per heavy atom. The maximum atomic E-state index is 11.6. The number of carbonyl (C=O) groups is 1. The summed E-state index contributed by atoms with van der Waals surface area (Å²) in [5.74, 6) is -1.18. The lowest BCUT2D eigenvalue weighted by Gasteiger charge is -2.09. The molecule has 0 aliphatic rings. The van der Waals surface area contributed by atoms with E-state index in [0.717, 1.165) is 0 Å². The van der Waals surface area contributed by atoms with Crippen molar-refractivity contribution >= 4 is 21.9 Å². The maximum Gasteiger partial charge on any atom is 0.322 e. The molecule has 0 aliphatic carbocycles. The first-order valence-electron chi connectivity index (χ1n) is 1.99. The summed E-state index contributed by atoms with van der Waals surface area (Å²) in [6.45, 7) is 0.359. The highest BCUT2D eigenvalue weighted by Crippen LogP contribution is 2.16. The number of hydrogen-bond donors (Lipinski definition) is 1. The molecule has 8 heavy (non-hydrogen) atoms. The molecule has 0 aromatic rings. The Kier molecular flexibility index (Phi) is 2.40. The van der Waals surface area contributed by atoms with E-state index in [1.54, 1.807) is 0 Å². The molecule has 0 fully saturated rings. The van der Waals surface area contributed by atoms with Crippen molar-refractivity contribution in [3.8, 4) is 0 Å². The largest absolute Gasteiger partial charge is 0.480 e. The molecule has 0 aromatic carbocycles. The maximum absolute atomic E-state index is 11.6. The third kappa shape index (κ3) is 1.78. The first-order valence-corrected chi connectivity index (χ1v) is 2.78. The van der Waals surface area contributed by atoms with Crippen molar-refractivity contribution in [2.24, 2.45) is 0 Å². The van der Waals surface area contributed by atoms with E-state index in [-0.39, 0.29) is 0 Å². The molecule has 0 amide bonds. The van der Waals surface area contributed by atoms with Crippen molar-refractivity contribution in [3.05, 3.63) is 0 Å². The van der Waals surface area contributed by atoms with E-state index >= 15 is 0 Å². The van der Waals surface area contributed by atoms with Crippen LogP contribution in [0.4, 0.5) is 4.39 Å². The van der Waals surface area contributed by atoms with Crippen molar-refractivity contribution < 1.29 is 14.3 Å². The second-order valence-corrected chi connectivity index (χ2v) is 3.39. The zero-order valence-electron chi connectivity index (χ0n) is 4.32. The molecule has 0 aromatic heterocycles. The number of carboxylic acid groups (broad SMARTS) is 1. The van der Waals surface area contributed by atoms with Gasteiger partial charge in [-0.2, -0.15) is 0 Å². The van der Waals surface area contributed by atoms with E-state index in [0.29, 0.717) is 0 Å². The second kappa shape index (κ2) is 2.44. The highest BCUT2D eigenvalue weighted by molar-refractivity contribution is 9.10. The molecular weight excluding hydrogens is 179 g/mol. The van der Waals surface area contributed by atoms with Gasteiger partial charge in [-0.3, -0.25) is 4.79 Å². The number of carboxylic acids is 1. The van der Waals surface area contributed by atoms with Gasteiger partial charge in [-0.1, -0.05) is 15.9 Å². The average Bonchev–Trinajstić information content (AvgIpc) is 1.67. The van der Waals surface area contributed by atoms with Gasteiger partial charge in [0.25, 0.3) is 0 Å². The Hall–Kier alpha value is -0.120. The fraction of sp³-hybridized carbons (Fsp3) is 0.750. The van der Waals surface area contributed by atoms with Crippen molar-refractivity contribution in [1.82, 2.24) is 0 Å². The van der Waals surface area contributed by atoms with E-state index in [1.807, 2.05) is 0 Å². The smallest absolute Gasteiger partial charge is 0.322 e. The van der Waals surface area contributed by atoms with Gasteiger partial charge in [0.05, 0.1) is 0 Å². The fourth-order valence-electron chi connectivity index (χ4n) is 0.0572. The van der Waals surface area contributed by atoms with E-state index in [9.17, 15) is 9.18 Å². The van der Waals surface area contributed by atoms with Gasteiger partial charge in [-0.25, -0.2) is 4.39 Å². The summed E-state index contributed by atoms with van der Waals surface area (Å²) < 4.78 is 10.2. The highest BCUT2D eigenvalue weighted by atomic mass is 79.9. The van der Waals surface area contributed by atoms with Crippen molar-refractivity contribution in [2.75, 3.05) is 6.67 Å².